The lowest BCUT2D eigenvalue weighted by atomic mass is 9.91. The summed E-state index contributed by atoms with van der Waals surface area (Å²) in [5.74, 6) is 0.960. The molecule has 0 bridgehead atoms. The van der Waals surface area contributed by atoms with Crippen molar-refractivity contribution >= 4 is 34.9 Å². The van der Waals surface area contributed by atoms with Gasteiger partial charge in [-0.05, 0) is 11.5 Å². The van der Waals surface area contributed by atoms with E-state index in [1.165, 1.54) is 0 Å². The van der Waals surface area contributed by atoms with Gasteiger partial charge in [-0.25, -0.2) is 4.98 Å². The molecule has 6 heteroatoms. The summed E-state index contributed by atoms with van der Waals surface area (Å²) in [6, 6.07) is 1.70. The van der Waals surface area contributed by atoms with Gasteiger partial charge < -0.3 is 9.80 Å². The van der Waals surface area contributed by atoms with E-state index in [0.29, 0.717) is 29.6 Å². The first kappa shape index (κ1) is 16.4. The van der Waals surface area contributed by atoms with Gasteiger partial charge in [0.15, 0.2) is 0 Å². The molecule has 1 fully saturated rings. The van der Waals surface area contributed by atoms with Crippen LogP contribution >= 0.6 is 23.2 Å². The van der Waals surface area contributed by atoms with Crippen molar-refractivity contribution in [3.8, 4) is 0 Å². The van der Waals surface area contributed by atoms with Gasteiger partial charge in [0.2, 0.25) is 5.91 Å². The van der Waals surface area contributed by atoms with E-state index in [0.717, 1.165) is 18.9 Å². The fraction of sp³-hybridized carbons (Fsp3) is 0.600. The van der Waals surface area contributed by atoms with Gasteiger partial charge in [-0.1, -0.05) is 44.0 Å². The van der Waals surface area contributed by atoms with E-state index >= 15 is 0 Å². The van der Waals surface area contributed by atoms with Crippen LogP contribution in [0.2, 0.25) is 10.0 Å². The number of carbonyl (C=O) groups excluding carboxylic acids is 1. The van der Waals surface area contributed by atoms with Gasteiger partial charge in [0.25, 0.3) is 0 Å². The smallest absolute Gasteiger partial charge is 0.223 e. The monoisotopic (exact) mass is 329 g/mol. The normalized spacial score (nSPS) is 16.2. The van der Waals surface area contributed by atoms with Gasteiger partial charge in [0, 0.05) is 38.8 Å². The van der Waals surface area contributed by atoms with Crippen LogP contribution in [0.4, 0.5) is 5.82 Å². The maximum atomic E-state index is 12.2. The second-order valence-electron chi connectivity index (χ2n) is 6.56. The topological polar surface area (TPSA) is 36.4 Å². The maximum absolute atomic E-state index is 12.2. The summed E-state index contributed by atoms with van der Waals surface area (Å²) in [7, 11) is 0. The minimum absolute atomic E-state index is 0.0231. The first-order valence-corrected chi connectivity index (χ1v) is 7.86. The molecule has 1 aromatic heterocycles. The molecule has 1 amide bonds. The molecule has 0 unspecified atom stereocenters. The Labute approximate surface area is 136 Å². The molecule has 0 saturated carbocycles. The number of carbonyl (C=O) groups is 1. The number of nitrogens with zero attached hydrogens (tertiary/aromatic N) is 3. The highest BCUT2D eigenvalue weighted by molar-refractivity contribution is 6.36. The van der Waals surface area contributed by atoms with E-state index < -0.39 is 0 Å². The zero-order valence-electron chi connectivity index (χ0n) is 12.7. The number of piperazine rings is 1. The summed E-state index contributed by atoms with van der Waals surface area (Å²) >= 11 is 12.0. The van der Waals surface area contributed by atoms with Crippen LogP contribution in [0.1, 0.15) is 27.2 Å². The van der Waals surface area contributed by atoms with Crippen molar-refractivity contribution in [1.82, 2.24) is 9.88 Å². The highest BCUT2D eigenvalue weighted by atomic mass is 35.5. The third-order valence-corrected chi connectivity index (χ3v) is 3.89. The molecule has 0 radical (unpaired) electrons. The van der Waals surface area contributed by atoms with E-state index in [1.807, 2.05) is 4.90 Å². The predicted molar refractivity (Wildman–Crippen MR) is 87.1 cm³/mol. The molecule has 0 N–H and O–H groups in total. The van der Waals surface area contributed by atoms with Crippen LogP contribution in [0.5, 0.6) is 0 Å². The van der Waals surface area contributed by atoms with E-state index in [1.54, 1.807) is 12.3 Å². The van der Waals surface area contributed by atoms with Crippen LogP contribution in [-0.4, -0.2) is 42.0 Å². The summed E-state index contributed by atoms with van der Waals surface area (Å²) < 4.78 is 0. The zero-order chi connectivity index (χ0) is 15.6. The van der Waals surface area contributed by atoms with Gasteiger partial charge in [-0.15, -0.1) is 0 Å². The lowest BCUT2D eigenvalue weighted by Gasteiger charge is -2.36. The average Bonchev–Trinajstić information content (AvgIpc) is 2.37. The van der Waals surface area contributed by atoms with Crippen LogP contribution < -0.4 is 4.90 Å². The first-order chi connectivity index (χ1) is 9.76. The largest absolute Gasteiger partial charge is 0.352 e. The van der Waals surface area contributed by atoms with Crippen molar-refractivity contribution in [3.63, 3.8) is 0 Å². The summed E-state index contributed by atoms with van der Waals surface area (Å²) in [5.41, 5.74) is 0.0231. The predicted octanol–water partition coefficient (Wildman–Crippen LogP) is 3.47. The summed E-state index contributed by atoms with van der Waals surface area (Å²) in [6.45, 7) is 9.13. The SMILES string of the molecule is CC(C)(C)CC(=O)N1CCN(c2ncc(Cl)cc2Cl)CC1. The minimum atomic E-state index is 0.0231. The van der Waals surface area contributed by atoms with Gasteiger partial charge in [-0.2, -0.15) is 0 Å². The Balaban J connectivity index is 1.95. The summed E-state index contributed by atoms with van der Waals surface area (Å²) in [4.78, 5) is 20.5. The molecule has 1 aliphatic rings. The third-order valence-electron chi connectivity index (χ3n) is 3.40. The Morgan fingerprint density at radius 3 is 2.38 bits per heavy atom. The van der Waals surface area contributed by atoms with Crippen molar-refractivity contribution in [2.45, 2.75) is 27.2 Å². The molecule has 0 spiro atoms. The van der Waals surface area contributed by atoms with E-state index in [2.05, 4.69) is 30.7 Å². The zero-order valence-corrected chi connectivity index (χ0v) is 14.2. The molecule has 1 aromatic rings. The standard InChI is InChI=1S/C15H21Cl2N3O/c1-15(2,3)9-13(21)19-4-6-20(7-5-19)14-12(17)8-11(16)10-18-14/h8,10H,4-7,9H2,1-3H3. The van der Waals surface area contributed by atoms with Crippen LogP contribution in [0, 0.1) is 5.41 Å². The van der Waals surface area contributed by atoms with Crippen LogP contribution in [-0.2, 0) is 4.79 Å². The van der Waals surface area contributed by atoms with Crippen LogP contribution in [0.25, 0.3) is 0 Å². The van der Waals surface area contributed by atoms with Crippen molar-refractivity contribution in [1.29, 1.82) is 0 Å². The average molecular weight is 330 g/mol. The number of aromatic nitrogens is 1. The van der Waals surface area contributed by atoms with Crippen LogP contribution in [0.3, 0.4) is 0 Å². The van der Waals surface area contributed by atoms with Crippen molar-refractivity contribution in [2.24, 2.45) is 5.41 Å². The number of hydrogen-bond donors (Lipinski definition) is 0. The van der Waals surface area contributed by atoms with Crippen molar-refractivity contribution in [3.05, 3.63) is 22.3 Å². The Morgan fingerprint density at radius 2 is 1.86 bits per heavy atom. The molecular formula is C15H21Cl2N3O. The fourth-order valence-electron chi connectivity index (χ4n) is 2.37. The molecule has 1 saturated heterocycles. The molecule has 0 aliphatic carbocycles. The highest BCUT2D eigenvalue weighted by Crippen LogP contribution is 2.27. The number of halogens is 2. The Bertz CT molecular complexity index is 520. The quantitative estimate of drug-likeness (QED) is 0.833. The van der Waals surface area contributed by atoms with Gasteiger partial charge in [0.1, 0.15) is 5.82 Å². The van der Waals surface area contributed by atoms with Gasteiger partial charge in [0.05, 0.1) is 10.0 Å². The minimum Gasteiger partial charge on any atom is -0.352 e. The lowest BCUT2D eigenvalue weighted by molar-refractivity contribution is -0.133. The number of pyridine rings is 1. The van der Waals surface area contributed by atoms with Crippen molar-refractivity contribution < 1.29 is 4.79 Å². The van der Waals surface area contributed by atoms with E-state index in [-0.39, 0.29) is 11.3 Å². The van der Waals surface area contributed by atoms with Gasteiger partial charge >= 0.3 is 0 Å². The summed E-state index contributed by atoms with van der Waals surface area (Å²) in [5, 5.41) is 1.08. The number of amides is 1. The fourth-order valence-corrected chi connectivity index (χ4v) is 2.87. The number of anilines is 1. The molecule has 2 heterocycles. The first-order valence-electron chi connectivity index (χ1n) is 7.10. The molecular weight excluding hydrogens is 309 g/mol. The molecule has 1 aliphatic heterocycles. The van der Waals surface area contributed by atoms with E-state index in [4.69, 9.17) is 23.2 Å². The Hall–Kier alpha value is -1.000. The lowest BCUT2D eigenvalue weighted by Crippen LogP contribution is -2.49. The molecule has 2 rings (SSSR count). The molecule has 4 nitrogen and oxygen atoms in total. The van der Waals surface area contributed by atoms with E-state index in [9.17, 15) is 4.79 Å². The second-order valence-corrected chi connectivity index (χ2v) is 7.41. The number of rotatable bonds is 2. The van der Waals surface area contributed by atoms with Crippen LogP contribution in [0.15, 0.2) is 12.3 Å². The second kappa shape index (κ2) is 6.41. The third kappa shape index (κ3) is 4.48. The molecule has 0 atom stereocenters. The Kier molecular flexibility index (Phi) is 4.99. The highest BCUT2D eigenvalue weighted by Gasteiger charge is 2.26. The van der Waals surface area contributed by atoms with Gasteiger partial charge in [-0.3, -0.25) is 4.79 Å². The Morgan fingerprint density at radius 1 is 1.24 bits per heavy atom. The van der Waals surface area contributed by atoms with Crippen molar-refractivity contribution in [2.75, 3.05) is 31.1 Å². The molecule has 116 valence electrons. The number of hydrogen-bond acceptors (Lipinski definition) is 3. The summed E-state index contributed by atoms with van der Waals surface area (Å²) in [6.07, 6.45) is 2.17. The molecule has 21 heavy (non-hydrogen) atoms. The molecule has 0 aromatic carbocycles. The maximum Gasteiger partial charge on any atom is 0.223 e.